The molecule has 1 atom stereocenters. The fourth-order valence-corrected chi connectivity index (χ4v) is 5.43. The molecule has 3 N–H and O–H groups in total. The van der Waals surface area contributed by atoms with Crippen LogP contribution in [0.4, 0.5) is 0 Å². The van der Waals surface area contributed by atoms with E-state index >= 15 is 0 Å². The van der Waals surface area contributed by atoms with Crippen molar-refractivity contribution in [2.24, 2.45) is 5.41 Å². The van der Waals surface area contributed by atoms with Gasteiger partial charge in [-0.25, -0.2) is 5.43 Å². The zero-order chi connectivity index (χ0) is 30.9. The number of aromatic amines is 1. The molecule has 0 bridgehead atoms. The second-order valence-electron chi connectivity index (χ2n) is 12.1. The number of carbonyl (C=O) groups is 1. The van der Waals surface area contributed by atoms with Crippen LogP contribution in [0.2, 0.25) is 0 Å². The second kappa shape index (κ2) is 15.3. The second-order valence-corrected chi connectivity index (χ2v) is 12.1. The SMILES string of the molecule is CCC[C@H](NNC)C(=O)OCC(C)(C)Cc1c(-c2cnccc2COC)[nH]c(C)c1/C=C(\C)c1cc(C)cc(CC)c1. The van der Waals surface area contributed by atoms with Crippen LogP contribution in [0.15, 0.2) is 36.7 Å². The van der Waals surface area contributed by atoms with Crippen molar-refractivity contribution in [2.75, 3.05) is 20.8 Å². The first-order valence-corrected chi connectivity index (χ1v) is 15.0. The minimum absolute atomic E-state index is 0.235. The zero-order valence-corrected chi connectivity index (χ0v) is 27.0. The highest BCUT2D eigenvalue weighted by Crippen LogP contribution is 2.37. The molecule has 0 radical (unpaired) electrons. The van der Waals surface area contributed by atoms with Gasteiger partial charge in [0.05, 0.1) is 18.9 Å². The van der Waals surface area contributed by atoms with E-state index in [4.69, 9.17) is 9.47 Å². The number of aromatic nitrogens is 2. The van der Waals surface area contributed by atoms with Crippen LogP contribution in [0.1, 0.15) is 86.5 Å². The first kappa shape index (κ1) is 33.2. The predicted molar refractivity (Wildman–Crippen MR) is 173 cm³/mol. The Kier molecular flexibility index (Phi) is 12.1. The third-order valence-corrected chi connectivity index (χ3v) is 7.63. The molecule has 0 aliphatic carbocycles. The van der Waals surface area contributed by atoms with E-state index in [1.54, 1.807) is 20.4 Å². The zero-order valence-electron chi connectivity index (χ0n) is 27.0. The lowest BCUT2D eigenvalue weighted by Gasteiger charge is -2.27. The van der Waals surface area contributed by atoms with Gasteiger partial charge in [-0.3, -0.25) is 15.2 Å². The van der Waals surface area contributed by atoms with Crippen molar-refractivity contribution in [3.63, 3.8) is 0 Å². The maximum Gasteiger partial charge on any atom is 0.324 e. The van der Waals surface area contributed by atoms with Gasteiger partial charge in [0, 0.05) is 36.2 Å². The highest BCUT2D eigenvalue weighted by atomic mass is 16.5. The molecule has 0 aliphatic heterocycles. The summed E-state index contributed by atoms with van der Waals surface area (Å²) in [4.78, 5) is 21.1. The molecule has 0 aliphatic rings. The van der Waals surface area contributed by atoms with Crippen LogP contribution in [0.5, 0.6) is 0 Å². The summed E-state index contributed by atoms with van der Waals surface area (Å²) < 4.78 is 11.4. The van der Waals surface area contributed by atoms with Crippen LogP contribution in [0.25, 0.3) is 22.9 Å². The highest BCUT2D eigenvalue weighted by Gasteiger charge is 2.28. The van der Waals surface area contributed by atoms with Crippen molar-refractivity contribution in [1.82, 2.24) is 20.8 Å². The van der Waals surface area contributed by atoms with Gasteiger partial charge < -0.3 is 14.5 Å². The van der Waals surface area contributed by atoms with Gasteiger partial charge in [0.25, 0.3) is 0 Å². The molecule has 0 unspecified atom stereocenters. The summed E-state index contributed by atoms with van der Waals surface area (Å²) in [6.45, 7) is 15.8. The van der Waals surface area contributed by atoms with Crippen LogP contribution in [-0.2, 0) is 33.7 Å². The normalized spacial score (nSPS) is 12.9. The van der Waals surface area contributed by atoms with Crippen molar-refractivity contribution in [3.05, 3.63) is 75.7 Å². The molecular formula is C35H50N4O3. The summed E-state index contributed by atoms with van der Waals surface area (Å²) in [5.41, 5.74) is 17.2. The topological polar surface area (TPSA) is 88.3 Å². The number of nitrogens with one attached hydrogen (secondary N) is 3. The Labute approximate surface area is 252 Å². The van der Waals surface area contributed by atoms with Crippen molar-refractivity contribution in [1.29, 1.82) is 0 Å². The molecule has 0 saturated carbocycles. The first-order valence-electron chi connectivity index (χ1n) is 15.0. The first-order chi connectivity index (χ1) is 20.0. The summed E-state index contributed by atoms with van der Waals surface area (Å²) in [5, 5.41) is 0. The van der Waals surface area contributed by atoms with Crippen LogP contribution < -0.4 is 10.9 Å². The maximum absolute atomic E-state index is 12.9. The van der Waals surface area contributed by atoms with Gasteiger partial charge in [-0.1, -0.05) is 57.9 Å². The number of pyridine rings is 1. The molecule has 7 heteroatoms. The lowest BCUT2D eigenvalue weighted by molar-refractivity contribution is -0.149. The number of nitrogens with zero attached hydrogens (tertiary/aromatic N) is 1. The Balaban J connectivity index is 2.06. The number of rotatable bonds is 15. The molecule has 0 fully saturated rings. The number of allylic oxidation sites excluding steroid dienone is 1. The Bertz CT molecular complexity index is 1370. The van der Waals surface area contributed by atoms with Crippen molar-refractivity contribution >= 4 is 17.6 Å². The number of hydrogen-bond donors (Lipinski definition) is 3. The third-order valence-electron chi connectivity index (χ3n) is 7.63. The molecule has 0 saturated heterocycles. The number of esters is 1. The molecule has 7 nitrogen and oxygen atoms in total. The Morgan fingerprint density at radius 2 is 1.95 bits per heavy atom. The van der Waals surface area contributed by atoms with E-state index in [0.29, 0.717) is 26.1 Å². The van der Waals surface area contributed by atoms with Gasteiger partial charge in [-0.05, 0) is 92.6 Å². The average molecular weight is 575 g/mol. The molecule has 3 aromatic rings. The average Bonchev–Trinajstić information content (AvgIpc) is 3.25. The lowest BCUT2D eigenvalue weighted by Crippen LogP contribution is -2.45. The number of carbonyl (C=O) groups excluding carboxylic acids is 1. The smallest absolute Gasteiger partial charge is 0.324 e. The van der Waals surface area contributed by atoms with Gasteiger partial charge in [0.1, 0.15) is 6.04 Å². The van der Waals surface area contributed by atoms with Crippen LogP contribution in [0.3, 0.4) is 0 Å². The maximum atomic E-state index is 12.9. The molecular weight excluding hydrogens is 524 g/mol. The van der Waals surface area contributed by atoms with Crippen LogP contribution in [-0.4, -0.2) is 42.7 Å². The molecule has 228 valence electrons. The number of ether oxygens (including phenoxy) is 2. The van der Waals surface area contributed by atoms with E-state index in [2.05, 4.69) is 93.6 Å². The molecule has 3 rings (SSSR count). The fourth-order valence-electron chi connectivity index (χ4n) is 5.43. The summed E-state index contributed by atoms with van der Waals surface area (Å²) in [6.07, 6.45) is 9.29. The van der Waals surface area contributed by atoms with Gasteiger partial charge >= 0.3 is 5.97 Å². The number of H-pyrrole nitrogens is 1. The molecule has 2 aromatic heterocycles. The standard InChI is InChI=1S/C35H50N4O3/c1-10-12-32(39-36-8)34(40)42-22-35(6,7)19-30-29(17-24(4)28-16-23(3)15-26(11-2)18-28)25(5)38-33(30)31-20-37-14-13-27(31)21-41-9/h13-18,20,32,36,38-39H,10-12,19,21-22H2,1-9H3/b24-17+/t32-/m0/s1. The van der Waals surface area contributed by atoms with Crippen molar-refractivity contribution in [2.45, 2.75) is 86.8 Å². The molecule has 2 heterocycles. The Morgan fingerprint density at radius 1 is 1.19 bits per heavy atom. The minimum atomic E-state index is -0.378. The van der Waals surface area contributed by atoms with E-state index < -0.39 is 0 Å². The van der Waals surface area contributed by atoms with E-state index in [1.165, 1.54) is 27.8 Å². The molecule has 1 aromatic carbocycles. The number of aryl methyl sites for hydroxylation is 3. The third kappa shape index (κ3) is 8.63. The minimum Gasteiger partial charge on any atom is -0.464 e. The monoisotopic (exact) mass is 574 g/mol. The molecule has 42 heavy (non-hydrogen) atoms. The molecule has 0 spiro atoms. The van der Waals surface area contributed by atoms with Gasteiger partial charge in [0.2, 0.25) is 0 Å². The summed E-state index contributed by atoms with van der Waals surface area (Å²) >= 11 is 0. The lowest BCUT2D eigenvalue weighted by atomic mass is 9.83. The number of benzene rings is 1. The quantitative estimate of drug-likeness (QED) is 0.134. The van der Waals surface area contributed by atoms with Crippen molar-refractivity contribution in [3.8, 4) is 11.3 Å². The largest absolute Gasteiger partial charge is 0.464 e. The summed E-state index contributed by atoms with van der Waals surface area (Å²) in [7, 11) is 3.48. The Morgan fingerprint density at radius 3 is 2.62 bits per heavy atom. The number of hydrazine groups is 1. The van der Waals surface area contributed by atoms with E-state index in [9.17, 15) is 4.79 Å². The Hall–Kier alpha value is -3.26. The van der Waals surface area contributed by atoms with Crippen LogP contribution >= 0.6 is 0 Å². The van der Waals surface area contributed by atoms with E-state index in [1.807, 2.05) is 12.3 Å². The predicted octanol–water partition coefficient (Wildman–Crippen LogP) is 6.97. The fraction of sp³-hybridized carbons (Fsp3) is 0.486. The van der Waals surface area contributed by atoms with E-state index in [-0.39, 0.29) is 17.4 Å². The van der Waals surface area contributed by atoms with E-state index in [0.717, 1.165) is 40.9 Å². The van der Waals surface area contributed by atoms with Gasteiger partial charge in [-0.15, -0.1) is 0 Å². The molecule has 0 amide bonds. The summed E-state index contributed by atoms with van der Waals surface area (Å²) in [6, 6.07) is 8.42. The number of methoxy groups -OCH3 is 1. The van der Waals surface area contributed by atoms with Crippen LogP contribution in [0, 0.1) is 19.3 Å². The van der Waals surface area contributed by atoms with Gasteiger partial charge in [-0.2, -0.15) is 0 Å². The van der Waals surface area contributed by atoms with Crippen molar-refractivity contribution < 1.29 is 14.3 Å². The highest BCUT2D eigenvalue weighted by molar-refractivity contribution is 5.85. The summed E-state index contributed by atoms with van der Waals surface area (Å²) in [5.74, 6) is -0.235. The number of hydrogen-bond acceptors (Lipinski definition) is 6. The van der Waals surface area contributed by atoms with Gasteiger partial charge in [0.15, 0.2) is 0 Å².